The zero-order chi connectivity index (χ0) is 22.5. The minimum absolute atomic E-state index is 0.257. The summed E-state index contributed by atoms with van der Waals surface area (Å²) in [5.41, 5.74) is 2.44. The summed E-state index contributed by atoms with van der Waals surface area (Å²) in [7, 11) is 1.54. The van der Waals surface area contributed by atoms with Crippen LogP contribution in [0.4, 0.5) is 13.2 Å². The number of ether oxygens (including phenoxy) is 1. The van der Waals surface area contributed by atoms with Crippen molar-refractivity contribution in [2.75, 3.05) is 7.11 Å². The van der Waals surface area contributed by atoms with E-state index in [1.807, 2.05) is 40.6 Å². The van der Waals surface area contributed by atoms with Crippen LogP contribution in [0.25, 0.3) is 17.1 Å². The maximum Gasteiger partial charge on any atom is 0.416 e. The molecule has 9 heteroatoms. The Bertz CT molecular complexity index is 1290. The molecule has 0 radical (unpaired) electrons. The third-order valence-corrected chi connectivity index (χ3v) is 5.71. The van der Waals surface area contributed by atoms with Gasteiger partial charge in [0.15, 0.2) is 0 Å². The molecule has 0 saturated carbocycles. The van der Waals surface area contributed by atoms with Gasteiger partial charge in [0.25, 0.3) is 0 Å². The van der Waals surface area contributed by atoms with Gasteiger partial charge >= 0.3 is 6.18 Å². The Balaban J connectivity index is 1.52. The summed E-state index contributed by atoms with van der Waals surface area (Å²) in [4.78, 5) is 13.5. The van der Waals surface area contributed by atoms with Crippen LogP contribution in [0.5, 0.6) is 5.88 Å². The molecule has 0 bridgehead atoms. The number of aromatic nitrogens is 5. The van der Waals surface area contributed by atoms with Crippen LogP contribution in [0.1, 0.15) is 35.0 Å². The molecule has 0 saturated heterocycles. The molecule has 3 aromatic heterocycles. The molecule has 164 valence electrons. The summed E-state index contributed by atoms with van der Waals surface area (Å²) >= 11 is 0. The molecular formula is C23H20F3N5O. The molecule has 0 spiro atoms. The number of aryl methyl sites for hydroxylation is 2. The van der Waals surface area contributed by atoms with E-state index in [4.69, 9.17) is 4.74 Å². The predicted octanol–water partition coefficient (Wildman–Crippen LogP) is 5.00. The van der Waals surface area contributed by atoms with Crippen LogP contribution in [0, 0.1) is 6.92 Å². The number of alkyl halides is 3. The monoisotopic (exact) mass is 439 g/mol. The number of hydrogen-bond donors (Lipinski definition) is 0. The number of benzene rings is 1. The van der Waals surface area contributed by atoms with E-state index in [2.05, 4.69) is 15.0 Å². The quantitative estimate of drug-likeness (QED) is 0.449. The number of methoxy groups -OCH3 is 1. The SMILES string of the molecule is COc1nc(-c2cn3c(n2)[C@H](c2ccccc2C(F)(F)F)CC3)ccc1-n1cnc(C)c1. The molecule has 0 unspecified atom stereocenters. The minimum atomic E-state index is -4.41. The smallest absolute Gasteiger partial charge is 0.416 e. The van der Waals surface area contributed by atoms with Crippen molar-refractivity contribution in [3.05, 3.63) is 77.8 Å². The van der Waals surface area contributed by atoms with Crippen molar-refractivity contribution >= 4 is 0 Å². The normalized spacial score (nSPS) is 15.7. The maximum atomic E-state index is 13.6. The number of nitrogens with zero attached hydrogens (tertiary/aromatic N) is 5. The molecule has 0 aliphatic carbocycles. The average molecular weight is 439 g/mol. The second kappa shape index (κ2) is 7.51. The van der Waals surface area contributed by atoms with Crippen LogP contribution in [0.2, 0.25) is 0 Å². The lowest BCUT2D eigenvalue weighted by Gasteiger charge is -2.16. The van der Waals surface area contributed by atoms with Crippen LogP contribution < -0.4 is 4.74 Å². The van der Waals surface area contributed by atoms with E-state index in [9.17, 15) is 13.2 Å². The van der Waals surface area contributed by atoms with E-state index in [0.717, 1.165) is 17.4 Å². The lowest BCUT2D eigenvalue weighted by atomic mass is 9.92. The molecule has 4 heterocycles. The van der Waals surface area contributed by atoms with E-state index in [-0.39, 0.29) is 5.56 Å². The number of rotatable bonds is 4. The molecule has 6 nitrogen and oxygen atoms in total. The van der Waals surface area contributed by atoms with Gasteiger partial charge in [-0.2, -0.15) is 13.2 Å². The fourth-order valence-corrected chi connectivity index (χ4v) is 4.24. The summed E-state index contributed by atoms with van der Waals surface area (Å²) < 4.78 is 49.9. The van der Waals surface area contributed by atoms with E-state index in [1.165, 1.54) is 13.2 Å². The number of hydrogen-bond acceptors (Lipinski definition) is 4. The van der Waals surface area contributed by atoms with Crippen LogP contribution in [-0.2, 0) is 12.7 Å². The van der Waals surface area contributed by atoms with Crippen LogP contribution in [0.3, 0.4) is 0 Å². The number of imidazole rings is 2. The second-order valence-electron chi connectivity index (χ2n) is 7.75. The highest BCUT2D eigenvalue weighted by Gasteiger charge is 2.38. The summed E-state index contributed by atoms with van der Waals surface area (Å²) in [6, 6.07) is 9.41. The largest absolute Gasteiger partial charge is 0.479 e. The Morgan fingerprint density at radius 2 is 1.84 bits per heavy atom. The van der Waals surface area contributed by atoms with Gasteiger partial charge in [-0.1, -0.05) is 18.2 Å². The molecule has 0 fully saturated rings. The van der Waals surface area contributed by atoms with Crippen molar-refractivity contribution in [2.45, 2.75) is 32.0 Å². The summed E-state index contributed by atoms with van der Waals surface area (Å²) in [5.74, 6) is 0.607. The molecule has 1 atom stereocenters. The molecular weight excluding hydrogens is 419 g/mol. The molecule has 1 aliphatic heterocycles. The zero-order valence-electron chi connectivity index (χ0n) is 17.5. The van der Waals surface area contributed by atoms with Crippen LogP contribution in [-0.4, -0.2) is 31.2 Å². The Morgan fingerprint density at radius 1 is 1.03 bits per heavy atom. The lowest BCUT2D eigenvalue weighted by Crippen LogP contribution is -2.12. The van der Waals surface area contributed by atoms with Gasteiger partial charge in [0.1, 0.15) is 17.2 Å². The van der Waals surface area contributed by atoms with Gasteiger partial charge in [-0.25, -0.2) is 15.0 Å². The highest BCUT2D eigenvalue weighted by atomic mass is 19.4. The molecule has 0 N–H and O–H groups in total. The number of pyridine rings is 1. The third kappa shape index (κ3) is 3.43. The molecule has 1 aromatic carbocycles. The van der Waals surface area contributed by atoms with Gasteiger partial charge in [0.05, 0.1) is 30.4 Å². The van der Waals surface area contributed by atoms with Gasteiger partial charge in [-0.15, -0.1) is 0 Å². The second-order valence-corrected chi connectivity index (χ2v) is 7.75. The highest BCUT2D eigenvalue weighted by molar-refractivity contribution is 5.59. The van der Waals surface area contributed by atoms with Crippen molar-refractivity contribution in [3.8, 4) is 23.0 Å². The van der Waals surface area contributed by atoms with Crippen molar-refractivity contribution in [3.63, 3.8) is 0 Å². The van der Waals surface area contributed by atoms with E-state index < -0.39 is 17.7 Å². The first kappa shape index (κ1) is 20.3. The summed E-state index contributed by atoms with van der Waals surface area (Å²) in [5, 5.41) is 0. The van der Waals surface area contributed by atoms with Crippen molar-refractivity contribution < 1.29 is 17.9 Å². The lowest BCUT2D eigenvalue weighted by molar-refractivity contribution is -0.138. The van der Waals surface area contributed by atoms with Crippen LogP contribution >= 0.6 is 0 Å². The van der Waals surface area contributed by atoms with Crippen molar-refractivity contribution in [1.82, 2.24) is 24.1 Å². The maximum absolute atomic E-state index is 13.6. The Morgan fingerprint density at radius 3 is 2.56 bits per heavy atom. The molecule has 5 rings (SSSR count). The number of fused-ring (bicyclic) bond motifs is 1. The first-order valence-electron chi connectivity index (χ1n) is 10.1. The number of halogens is 3. The third-order valence-electron chi connectivity index (χ3n) is 5.71. The first-order chi connectivity index (χ1) is 15.3. The van der Waals surface area contributed by atoms with Crippen molar-refractivity contribution in [2.24, 2.45) is 0 Å². The van der Waals surface area contributed by atoms with Gasteiger partial charge < -0.3 is 13.9 Å². The van der Waals surface area contributed by atoms with E-state index >= 15 is 0 Å². The van der Waals surface area contributed by atoms with E-state index in [1.54, 1.807) is 18.5 Å². The zero-order valence-corrected chi connectivity index (χ0v) is 17.5. The van der Waals surface area contributed by atoms with Crippen molar-refractivity contribution in [1.29, 1.82) is 0 Å². The fourth-order valence-electron chi connectivity index (χ4n) is 4.24. The Hall–Kier alpha value is -3.62. The first-order valence-corrected chi connectivity index (χ1v) is 10.1. The topological polar surface area (TPSA) is 57.8 Å². The fraction of sp³-hybridized carbons (Fsp3) is 0.261. The molecule has 32 heavy (non-hydrogen) atoms. The molecule has 4 aromatic rings. The minimum Gasteiger partial charge on any atom is -0.479 e. The van der Waals surface area contributed by atoms with Gasteiger partial charge in [-0.3, -0.25) is 0 Å². The predicted molar refractivity (Wildman–Crippen MR) is 112 cm³/mol. The van der Waals surface area contributed by atoms with E-state index in [0.29, 0.717) is 36.1 Å². The summed E-state index contributed by atoms with van der Waals surface area (Å²) in [6.45, 7) is 2.49. The molecule has 1 aliphatic rings. The standard InChI is InChI=1S/C23H20F3N5O/c1-14-11-31(13-27-14)20-8-7-18(29-22(20)32-2)19-12-30-10-9-16(21(30)28-19)15-5-3-4-6-17(15)23(24,25)26/h3-8,11-13,16H,9-10H2,1-2H3/t16-/m0/s1. The average Bonchev–Trinajstić information content (AvgIpc) is 3.48. The van der Waals surface area contributed by atoms with Crippen LogP contribution in [0.15, 0.2) is 55.1 Å². The Labute approximate surface area is 182 Å². The summed E-state index contributed by atoms with van der Waals surface area (Å²) in [6.07, 6.45) is 1.56. The van der Waals surface area contributed by atoms with Gasteiger partial charge in [0, 0.05) is 24.9 Å². The Kier molecular flexibility index (Phi) is 4.76. The molecule has 0 amide bonds. The van der Waals surface area contributed by atoms with Gasteiger partial charge in [0.2, 0.25) is 5.88 Å². The van der Waals surface area contributed by atoms with Gasteiger partial charge in [-0.05, 0) is 37.1 Å². The highest BCUT2D eigenvalue weighted by Crippen LogP contribution is 2.42.